The highest BCUT2D eigenvalue weighted by atomic mass is 16.1. The zero-order chi connectivity index (χ0) is 18.8. The Balaban J connectivity index is 1.93. The number of amides is 1. The van der Waals surface area contributed by atoms with Crippen LogP contribution in [-0.2, 0) is 4.79 Å². The van der Waals surface area contributed by atoms with E-state index >= 15 is 0 Å². The minimum absolute atomic E-state index is 0.186. The van der Waals surface area contributed by atoms with Crippen LogP contribution >= 0.6 is 0 Å². The number of carbonyl (C=O) groups is 1. The van der Waals surface area contributed by atoms with Gasteiger partial charge in [-0.2, -0.15) is 5.26 Å². The van der Waals surface area contributed by atoms with Crippen molar-refractivity contribution in [3.05, 3.63) is 60.7 Å². The fourth-order valence-corrected chi connectivity index (χ4v) is 2.96. The van der Waals surface area contributed by atoms with Gasteiger partial charge in [0.1, 0.15) is 17.6 Å². The summed E-state index contributed by atoms with van der Waals surface area (Å²) in [5.74, 6) is 0.282. The number of H-pyrrole nitrogens is 1. The van der Waals surface area contributed by atoms with Crippen molar-refractivity contribution in [3.63, 3.8) is 0 Å². The Morgan fingerprint density at radius 2 is 2.00 bits per heavy atom. The van der Waals surface area contributed by atoms with Crippen LogP contribution in [0, 0.1) is 11.3 Å². The predicted octanol–water partition coefficient (Wildman–Crippen LogP) is 3.52. The van der Waals surface area contributed by atoms with Crippen molar-refractivity contribution in [1.29, 1.82) is 5.26 Å². The number of aromatic amines is 1. The molecule has 0 fully saturated rings. The lowest BCUT2D eigenvalue weighted by Crippen LogP contribution is -2.07. The Hall–Kier alpha value is -4.05. The van der Waals surface area contributed by atoms with Gasteiger partial charge in [-0.15, -0.1) is 0 Å². The van der Waals surface area contributed by atoms with Gasteiger partial charge in [0.2, 0.25) is 5.91 Å². The smallest absolute Gasteiger partial charge is 0.222 e. The first kappa shape index (κ1) is 16.4. The molecule has 0 bridgehead atoms. The molecule has 0 radical (unpaired) electrons. The van der Waals surface area contributed by atoms with Crippen LogP contribution in [0.1, 0.15) is 12.6 Å². The SMILES string of the molecule is CC(=O)Nc1cc(-c2[nH]c3cccnc3c2-c2ccc(C#N)nc2)ccn1. The minimum Gasteiger partial charge on any atom is -0.353 e. The van der Waals surface area contributed by atoms with Crippen molar-refractivity contribution in [1.82, 2.24) is 19.9 Å². The molecule has 2 N–H and O–H groups in total. The first-order chi connectivity index (χ1) is 13.2. The second kappa shape index (κ2) is 6.69. The Bertz CT molecular complexity index is 1190. The number of hydrogen-bond acceptors (Lipinski definition) is 5. The molecule has 0 unspecified atom stereocenters. The second-order valence-electron chi connectivity index (χ2n) is 5.93. The summed E-state index contributed by atoms with van der Waals surface area (Å²) in [5.41, 5.74) is 5.44. The van der Waals surface area contributed by atoms with E-state index in [2.05, 4.69) is 25.3 Å². The first-order valence-electron chi connectivity index (χ1n) is 8.23. The van der Waals surface area contributed by atoms with Gasteiger partial charge in [0.15, 0.2) is 0 Å². The molecule has 0 aromatic carbocycles. The summed E-state index contributed by atoms with van der Waals surface area (Å²) in [7, 11) is 0. The molecule has 0 aliphatic heterocycles. The molecule has 4 heterocycles. The van der Waals surface area contributed by atoms with Crippen molar-refractivity contribution in [2.75, 3.05) is 5.32 Å². The third-order valence-corrected chi connectivity index (χ3v) is 4.07. The van der Waals surface area contributed by atoms with E-state index in [0.717, 1.165) is 33.4 Å². The number of rotatable bonds is 3. The first-order valence-corrected chi connectivity index (χ1v) is 8.23. The number of hydrogen-bond donors (Lipinski definition) is 2. The van der Waals surface area contributed by atoms with Crippen molar-refractivity contribution in [3.8, 4) is 28.5 Å². The second-order valence-corrected chi connectivity index (χ2v) is 5.93. The summed E-state index contributed by atoms with van der Waals surface area (Å²) < 4.78 is 0. The third kappa shape index (κ3) is 3.12. The van der Waals surface area contributed by atoms with Gasteiger partial charge in [0.25, 0.3) is 0 Å². The van der Waals surface area contributed by atoms with Gasteiger partial charge in [-0.25, -0.2) is 9.97 Å². The van der Waals surface area contributed by atoms with Crippen molar-refractivity contribution >= 4 is 22.8 Å². The van der Waals surface area contributed by atoms with E-state index in [9.17, 15) is 4.79 Å². The Morgan fingerprint density at radius 1 is 1.11 bits per heavy atom. The highest BCUT2D eigenvalue weighted by Gasteiger charge is 2.17. The molecule has 4 rings (SSSR count). The molecule has 0 spiro atoms. The summed E-state index contributed by atoms with van der Waals surface area (Å²) in [5, 5.41) is 11.7. The van der Waals surface area contributed by atoms with Crippen LogP contribution in [0.3, 0.4) is 0 Å². The number of anilines is 1. The fraction of sp³-hybridized carbons (Fsp3) is 0.0500. The van der Waals surface area contributed by atoms with Crippen molar-refractivity contribution in [2.45, 2.75) is 6.92 Å². The van der Waals surface area contributed by atoms with Crippen molar-refractivity contribution < 1.29 is 4.79 Å². The van der Waals surface area contributed by atoms with E-state index in [1.54, 1.807) is 30.7 Å². The van der Waals surface area contributed by atoms with E-state index in [4.69, 9.17) is 5.26 Å². The van der Waals surface area contributed by atoms with Crippen LogP contribution in [0.5, 0.6) is 0 Å². The topological polar surface area (TPSA) is 107 Å². The molecular formula is C20H14N6O. The zero-order valence-corrected chi connectivity index (χ0v) is 14.4. The average molecular weight is 354 g/mol. The minimum atomic E-state index is -0.186. The van der Waals surface area contributed by atoms with Gasteiger partial charge >= 0.3 is 0 Å². The third-order valence-electron chi connectivity index (χ3n) is 4.07. The summed E-state index contributed by atoms with van der Waals surface area (Å²) in [6.07, 6.45) is 5.03. The molecule has 130 valence electrons. The molecule has 0 aliphatic rings. The number of nitrogens with one attached hydrogen (secondary N) is 2. The summed E-state index contributed by atoms with van der Waals surface area (Å²) in [4.78, 5) is 27.6. The monoisotopic (exact) mass is 354 g/mol. The number of nitriles is 1. The summed E-state index contributed by atoms with van der Waals surface area (Å²) in [6.45, 7) is 1.44. The molecule has 1 amide bonds. The molecule has 7 nitrogen and oxygen atoms in total. The van der Waals surface area contributed by atoms with Gasteiger partial charge < -0.3 is 10.3 Å². The van der Waals surface area contributed by atoms with Crippen LogP contribution in [0.25, 0.3) is 33.4 Å². The Kier molecular flexibility index (Phi) is 4.07. The molecule has 0 atom stereocenters. The van der Waals surface area contributed by atoms with Gasteiger partial charge in [-0.3, -0.25) is 9.78 Å². The highest BCUT2D eigenvalue weighted by molar-refractivity contribution is 6.01. The van der Waals surface area contributed by atoms with Crippen LogP contribution in [0.2, 0.25) is 0 Å². The molecule has 0 saturated heterocycles. The van der Waals surface area contributed by atoms with Crippen LogP contribution in [-0.4, -0.2) is 25.8 Å². The van der Waals surface area contributed by atoms with Gasteiger partial charge in [-0.05, 0) is 36.4 Å². The lowest BCUT2D eigenvalue weighted by molar-refractivity contribution is -0.114. The molecule has 0 saturated carbocycles. The van der Waals surface area contributed by atoms with E-state index in [0.29, 0.717) is 11.5 Å². The lowest BCUT2D eigenvalue weighted by atomic mass is 10.0. The Labute approximate surface area is 154 Å². The van der Waals surface area contributed by atoms with Gasteiger partial charge in [0, 0.05) is 42.2 Å². The fourth-order valence-electron chi connectivity index (χ4n) is 2.96. The van der Waals surface area contributed by atoms with E-state index in [1.807, 2.05) is 30.3 Å². The lowest BCUT2D eigenvalue weighted by Gasteiger charge is -2.07. The van der Waals surface area contributed by atoms with Gasteiger partial charge in [-0.1, -0.05) is 0 Å². The summed E-state index contributed by atoms with van der Waals surface area (Å²) in [6, 6.07) is 13.0. The molecule has 4 aromatic heterocycles. The van der Waals surface area contributed by atoms with E-state index in [1.165, 1.54) is 6.92 Å². The highest BCUT2D eigenvalue weighted by Crippen LogP contribution is 2.37. The molecular weight excluding hydrogens is 340 g/mol. The molecule has 27 heavy (non-hydrogen) atoms. The number of pyridine rings is 3. The molecule has 7 heteroatoms. The summed E-state index contributed by atoms with van der Waals surface area (Å²) >= 11 is 0. The average Bonchev–Trinajstić information content (AvgIpc) is 3.07. The predicted molar refractivity (Wildman–Crippen MR) is 102 cm³/mol. The molecule has 4 aromatic rings. The maximum Gasteiger partial charge on any atom is 0.222 e. The number of aromatic nitrogens is 4. The number of fused-ring (bicyclic) bond motifs is 1. The largest absolute Gasteiger partial charge is 0.353 e. The van der Waals surface area contributed by atoms with E-state index in [-0.39, 0.29) is 5.91 Å². The van der Waals surface area contributed by atoms with E-state index < -0.39 is 0 Å². The standard InChI is InChI=1S/C20H14N6O/c1-12(27)25-17-9-13(6-8-22-17)19-18(14-4-5-15(10-21)24-11-14)20-16(26-19)3-2-7-23-20/h2-9,11,26H,1H3,(H,22,25,27). The van der Waals surface area contributed by atoms with Crippen molar-refractivity contribution in [2.24, 2.45) is 0 Å². The van der Waals surface area contributed by atoms with Crippen LogP contribution in [0.15, 0.2) is 55.0 Å². The van der Waals surface area contributed by atoms with Gasteiger partial charge in [0.05, 0.1) is 16.7 Å². The quantitative estimate of drug-likeness (QED) is 0.585. The zero-order valence-electron chi connectivity index (χ0n) is 14.4. The maximum atomic E-state index is 11.3. The normalized spacial score (nSPS) is 10.5. The molecule has 0 aliphatic carbocycles. The maximum absolute atomic E-state index is 11.3. The van der Waals surface area contributed by atoms with Crippen LogP contribution in [0.4, 0.5) is 5.82 Å². The number of carbonyl (C=O) groups excluding carboxylic acids is 1. The van der Waals surface area contributed by atoms with Crippen LogP contribution < -0.4 is 5.32 Å². The number of nitrogens with zero attached hydrogens (tertiary/aromatic N) is 4. The Morgan fingerprint density at radius 3 is 2.74 bits per heavy atom.